The number of piperidine rings is 1. The van der Waals surface area contributed by atoms with Crippen molar-refractivity contribution < 1.29 is 22.8 Å². The molecule has 2 fully saturated rings. The first kappa shape index (κ1) is 29.6. The lowest BCUT2D eigenvalue weighted by atomic mass is 9.89. The van der Waals surface area contributed by atoms with E-state index in [-0.39, 0.29) is 11.9 Å². The van der Waals surface area contributed by atoms with Crippen molar-refractivity contribution in [3.8, 4) is 0 Å². The van der Waals surface area contributed by atoms with Crippen LogP contribution in [0.3, 0.4) is 0 Å². The lowest BCUT2D eigenvalue weighted by molar-refractivity contribution is 0.0944. The fourth-order valence-corrected chi connectivity index (χ4v) is 6.10. The molecule has 222 valence electrons. The van der Waals surface area contributed by atoms with Gasteiger partial charge in [0, 0.05) is 13.1 Å². The minimum Gasteiger partial charge on any atom is -0.338 e. The fourth-order valence-electron chi connectivity index (χ4n) is 6.10. The molecule has 0 aromatic heterocycles. The molecule has 2 aliphatic heterocycles. The lowest BCUT2D eigenvalue weighted by Crippen LogP contribution is -2.56. The van der Waals surface area contributed by atoms with Gasteiger partial charge in [-0.15, -0.1) is 0 Å². The third-order valence-corrected chi connectivity index (χ3v) is 8.56. The van der Waals surface area contributed by atoms with Gasteiger partial charge in [-0.1, -0.05) is 48.5 Å². The molecular weight excluding hydrogens is 541 g/mol. The molecule has 3 aromatic carbocycles. The summed E-state index contributed by atoms with van der Waals surface area (Å²) in [5, 5.41) is 2.90. The first-order valence-electron chi connectivity index (χ1n) is 14.7. The van der Waals surface area contributed by atoms with Gasteiger partial charge in [0.2, 0.25) is 0 Å². The predicted octanol–water partition coefficient (Wildman–Crippen LogP) is 7.01. The number of imide groups is 1. The number of nitrogens with zero attached hydrogens (tertiary/aromatic N) is 3. The summed E-state index contributed by atoms with van der Waals surface area (Å²) in [4.78, 5) is 32.4. The summed E-state index contributed by atoms with van der Waals surface area (Å²) in [6, 6.07) is 17.9. The largest absolute Gasteiger partial charge is 0.338 e. The average molecular weight is 579 g/mol. The van der Waals surface area contributed by atoms with Crippen molar-refractivity contribution in [1.29, 1.82) is 0 Å². The first-order valence-corrected chi connectivity index (χ1v) is 14.7. The predicted molar refractivity (Wildman–Crippen MR) is 155 cm³/mol. The zero-order chi connectivity index (χ0) is 29.6. The van der Waals surface area contributed by atoms with E-state index in [2.05, 4.69) is 10.2 Å². The van der Waals surface area contributed by atoms with Crippen LogP contribution in [0.4, 0.5) is 22.8 Å². The van der Waals surface area contributed by atoms with Gasteiger partial charge in [-0.3, -0.25) is 0 Å². The summed E-state index contributed by atoms with van der Waals surface area (Å²) >= 11 is 0. The lowest BCUT2D eigenvalue weighted by Gasteiger charge is -2.43. The Morgan fingerprint density at radius 1 is 0.881 bits per heavy atom. The number of likely N-dealkylation sites (tertiary alicyclic amines) is 1. The number of carbonyl (C=O) groups excluding carboxylic acids is 2. The zero-order valence-corrected chi connectivity index (χ0v) is 23.8. The van der Waals surface area contributed by atoms with E-state index in [1.54, 1.807) is 4.90 Å². The van der Waals surface area contributed by atoms with E-state index in [1.165, 1.54) is 23.8 Å². The van der Waals surface area contributed by atoms with Crippen LogP contribution in [0, 0.1) is 17.5 Å². The molecule has 6 nitrogen and oxygen atoms in total. The monoisotopic (exact) mass is 578 g/mol. The SMILES string of the molecule is CC(c1ccccc1)N1CCC(c2ccc(F)c(F)c2)N(C(=O)NCCCN2CCC(c3ccc(F)cc3)CC2)C1=O. The van der Waals surface area contributed by atoms with Crippen molar-refractivity contribution in [2.24, 2.45) is 0 Å². The highest BCUT2D eigenvalue weighted by Gasteiger charge is 2.40. The number of carbonyl (C=O) groups is 2. The van der Waals surface area contributed by atoms with Crippen LogP contribution in [0.15, 0.2) is 72.8 Å². The number of nitrogens with one attached hydrogen (secondary N) is 1. The van der Waals surface area contributed by atoms with Crippen LogP contribution >= 0.6 is 0 Å². The fraction of sp³-hybridized carbons (Fsp3) is 0.394. The Kier molecular flexibility index (Phi) is 9.47. The topological polar surface area (TPSA) is 55.9 Å². The van der Waals surface area contributed by atoms with Gasteiger partial charge in [-0.05, 0) is 99.1 Å². The van der Waals surface area contributed by atoms with E-state index in [4.69, 9.17) is 0 Å². The molecule has 5 rings (SSSR count). The van der Waals surface area contributed by atoms with Crippen LogP contribution in [0.5, 0.6) is 0 Å². The molecule has 0 radical (unpaired) electrons. The molecule has 0 bridgehead atoms. The van der Waals surface area contributed by atoms with Gasteiger partial charge in [0.05, 0.1) is 12.1 Å². The molecule has 2 atom stereocenters. The van der Waals surface area contributed by atoms with E-state index in [1.807, 2.05) is 49.4 Å². The Bertz CT molecular complexity index is 1360. The van der Waals surface area contributed by atoms with Crippen LogP contribution in [0.25, 0.3) is 0 Å². The minimum absolute atomic E-state index is 0.223. The summed E-state index contributed by atoms with van der Waals surface area (Å²) in [7, 11) is 0. The van der Waals surface area contributed by atoms with E-state index in [0.717, 1.165) is 55.1 Å². The highest BCUT2D eigenvalue weighted by atomic mass is 19.2. The Labute approximate surface area is 245 Å². The normalized spacial score (nSPS) is 19.1. The van der Waals surface area contributed by atoms with Crippen molar-refractivity contribution in [3.05, 3.63) is 107 Å². The average Bonchev–Trinajstić information content (AvgIpc) is 3.01. The van der Waals surface area contributed by atoms with Crippen LogP contribution in [0.2, 0.25) is 0 Å². The molecule has 2 unspecified atom stereocenters. The molecule has 2 saturated heterocycles. The van der Waals surface area contributed by atoms with Gasteiger partial charge < -0.3 is 15.1 Å². The summed E-state index contributed by atoms with van der Waals surface area (Å²) in [6.07, 6.45) is 3.08. The summed E-state index contributed by atoms with van der Waals surface area (Å²) in [5.74, 6) is -1.79. The van der Waals surface area contributed by atoms with Crippen LogP contribution in [0.1, 0.15) is 67.3 Å². The van der Waals surface area contributed by atoms with Gasteiger partial charge in [-0.2, -0.15) is 0 Å². The maximum Gasteiger partial charge on any atom is 0.329 e. The van der Waals surface area contributed by atoms with E-state index >= 15 is 0 Å². The molecule has 2 heterocycles. The highest BCUT2D eigenvalue weighted by molar-refractivity contribution is 5.95. The molecule has 42 heavy (non-hydrogen) atoms. The number of hydrogen-bond acceptors (Lipinski definition) is 3. The maximum atomic E-state index is 14.1. The third kappa shape index (κ3) is 6.78. The smallest absolute Gasteiger partial charge is 0.329 e. The van der Waals surface area contributed by atoms with Crippen molar-refractivity contribution >= 4 is 12.1 Å². The molecule has 0 aliphatic carbocycles. The number of amides is 4. The number of halogens is 3. The van der Waals surface area contributed by atoms with Crippen LogP contribution in [-0.2, 0) is 0 Å². The molecule has 4 amide bonds. The van der Waals surface area contributed by atoms with E-state index < -0.39 is 29.7 Å². The van der Waals surface area contributed by atoms with Gasteiger partial charge in [0.25, 0.3) is 0 Å². The molecule has 0 saturated carbocycles. The zero-order valence-electron chi connectivity index (χ0n) is 23.8. The number of rotatable bonds is 8. The first-order chi connectivity index (χ1) is 20.3. The second-order valence-electron chi connectivity index (χ2n) is 11.2. The highest BCUT2D eigenvalue weighted by Crippen LogP contribution is 2.35. The van der Waals surface area contributed by atoms with Crippen molar-refractivity contribution in [1.82, 2.24) is 20.0 Å². The van der Waals surface area contributed by atoms with Crippen molar-refractivity contribution in [2.75, 3.05) is 32.7 Å². The number of urea groups is 2. The Hall–Kier alpha value is -3.85. The molecule has 1 N–H and O–H groups in total. The van der Waals surface area contributed by atoms with Gasteiger partial charge in [0.1, 0.15) is 5.82 Å². The molecule has 3 aromatic rings. The number of hydrogen-bond donors (Lipinski definition) is 1. The summed E-state index contributed by atoms with van der Waals surface area (Å²) in [5.41, 5.74) is 2.50. The Morgan fingerprint density at radius 2 is 1.57 bits per heavy atom. The molecular formula is C33H37F3N4O2. The minimum atomic E-state index is -1.01. The summed E-state index contributed by atoms with van der Waals surface area (Å²) < 4.78 is 41.1. The van der Waals surface area contributed by atoms with Crippen LogP contribution in [-0.4, -0.2) is 59.5 Å². The Morgan fingerprint density at radius 3 is 2.26 bits per heavy atom. The molecule has 0 spiro atoms. The quantitative estimate of drug-likeness (QED) is 0.293. The standard InChI is InChI=1S/C33H37F3N4O2/c1-23(24-6-3-2-4-7-24)39-21-16-31(27-10-13-29(35)30(36)22-27)40(33(39)42)32(41)37-17-5-18-38-19-14-26(15-20-38)25-8-11-28(34)12-9-25/h2-4,6-13,22-23,26,31H,5,14-21H2,1H3,(H,37,41). The van der Waals surface area contributed by atoms with Gasteiger partial charge >= 0.3 is 12.1 Å². The molecule has 2 aliphatic rings. The molecule has 9 heteroatoms. The third-order valence-electron chi connectivity index (χ3n) is 8.56. The number of benzene rings is 3. The second kappa shape index (κ2) is 13.4. The summed E-state index contributed by atoms with van der Waals surface area (Å²) in [6.45, 7) is 5.31. The van der Waals surface area contributed by atoms with Gasteiger partial charge in [-0.25, -0.2) is 27.7 Å². The van der Waals surface area contributed by atoms with E-state index in [9.17, 15) is 22.8 Å². The van der Waals surface area contributed by atoms with Crippen LogP contribution < -0.4 is 5.32 Å². The Balaban J connectivity index is 1.19. The van der Waals surface area contributed by atoms with Gasteiger partial charge in [0.15, 0.2) is 11.6 Å². The second-order valence-corrected chi connectivity index (χ2v) is 11.2. The van der Waals surface area contributed by atoms with E-state index in [0.29, 0.717) is 37.4 Å². The maximum absolute atomic E-state index is 14.1. The van der Waals surface area contributed by atoms with Crippen molar-refractivity contribution in [2.45, 2.75) is 50.6 Å². The van der Waals surface area contributed by atoms with Crippen molar-refractivity contribution in [3.63, 3.8) is 0 Å².